The number of carboxylic acid groups (broad SMARTS) is 1. The number of hydrogen-bond donors (Lipinski definition) is 2. The van der Waals surface area contributed by atoms with E-state index in [1.54, 1.807) is 0 Å². The Hall–Kier alpha value is -3.35. The average molecular weight is 449 g/mol. The van der Waals surface area contributed by atoms with E-state index in [0.717, 1.165) is 24.0 Å². The van der Waals surface area contributed by atoms with Gasteiger partial charge in [0.25, 0.3) is 0 Å². The first kappa shape index (κ1) is 21.5. The number of carboxylic acids is 1. The van der Waals surface area contributed by atoms with Gasteiger partial charge in [-0.2, -0.15) is 0 Å². The predicted octanol–water partition coefficient (Wildman–Crippen LogP) is 3.77. The number of amides is 2. The largest absolute Gasteiger partial charge is 0.480 e. The fourth-order valence-corrected chi connectivity index (χ4v) is 5.51. The molecule has 0 aromatic heterocycles. The Morgan fingerprint density at radius 3 is 2.18 bits per heavy atom. The molecule has 5 rings (SSSR count). The maximum atomic E-state index is 13.0. The highest BCUT2D eigenvalue weighted by atomic mass is 16.5. The maximum absolute atomic E-state index is 13.0. The fraction of sp³-hybridized carbons (Fsp3) is 0.423. The number of ether oxygens (including phenoxy) is 1. The minimum absolute atomic E-state index is 0.0238. The van der Waals surface area contributed by atoms with Crippen molar-refractivity contribution in [3.8, 4) is 11.1 Å². The first-order valence-corrected chi connectivity index (χ1v) is 11.7. The Labute approximate surface area is 192 Å². The van der Waals surface area contributed by atoms with Crippen LogP contribution >= 0.6 is 0 Å². The summed E-state index contributed by atoms with van der Waals surface area (Å²) < 4.78 is 5.66. The summed E-state index contributed by atoms with van der Waals surface area (Å²) in [6.45, 7) is 0.683. The Morgan fingerprint density at radius 1 is 0.939 bits per heavy atom. The molecule has 0 spiro atoms. The van der Waals surface area contributed by atoms with Crippen LogP contribution in [0.25, 0.3) is 11.1 Å². The van der Waals surface area contributed by atoms with E-state index in [1.165, 1.54) is 16.0 Å². The molecule has 1 saturated heterocycles. The van der Waals surface area contributed by atoms with E-state index in [0.29, 0.717) is 25.8 Å². The summed E-state index contributed by atoms with van der Waals surface area (Å²) in [4.78, 5) is 38.5. The lowest BCUT2D eigenvalue weighted by atomic mass is 9.82. The van der Waals surface area contributed by atoms with Gasteiger partial charge in [-0.3, -0.25) is 4.79 Å². The summed E-state index contributed by atoms with van der Waals surface area (Å²) >= 11 is 0. The van der Waals surface area contributed by atoms with Gasteiger partial charge in [0.2, 0.25) is 5.91 Å². The number of hydrogen-bond acceptors (Lipinski definition) is 4. The molecule has 0 radical (unpaired) electrons. The van der Waals surface area contributed by atoms with Crippen molar-refractivity contribution in [3.05, 3.63) is 59.7 Å². The van der Waals surface area contributed by atoms with E-state index in [-0.39, 0.29) is 24.5 Å². The lowest BCUT2D eigenvalue weighted by molar-refractivity contribution is -0.160. The van der Waals surface area contributed by atoms with Gasteiger partial charge in [0, 0.05) is 18.5 Å². The molecule has 33 heavy (non-hydrogen) atoms. The van der Waals surface area contributed by atoms with Crippen LogP contribution in [0.3, 0.4) is 0 Å². The molecule has 172 valence electrons. The van der Waals surface area contributed by atoms with E-state index in [2.05, 4.69) is 29.6 Å². The number of aliphatic carboxylic acids is 1. The molecule has 0 bridgehead atoms. The van der Waals surface area contributed by atoms with Gasteiger partial charge in [0.15, 0.2) is 0 Å². The van der Waals surface area contributed by atoms with Crippen LogP contribution in [-0.4, -0.2) is 53.2 Å². The highest BCUT2D eigenvalue weighted by molar-refractivity contribution is 5.87. The minimum atomic E-state index is -0.966. The van der Waals surface area contributed by atoms with Gasteiger partial charge < -0.3 is 20.1 Å². The van der Waals surface area contributed by atoms with Crippen molar-refractivity contribution in [3.63, 3.8) is 0 Å². The standard InChI is InChI=1S/C26H28N2O5/c29-24(28-14-13-23(28)25(30)31)20-11-5-6-12-22(20)27-26(32)33-15-21-18-9-3-1-7-16(18)17-8-2-4-10-19(17)21/h1-4,7-10,20-23H,5-6,11-15H2,(H,27,32)(H,30,31)/t20-,22+,23?/m0/s1. The maximum Gasteiger partial charge on any atom is 0.407 e. The summed E-state index contributed by atoms with van der Waals surface area (Å²) in [6, 6.07) is 15.3. The first-order valence-electron chi connectivity index (χ1n) is 11.7. The van der Waals surface area contributed by atoms with Gasteiger partial charge in [-0.25, -0.2) is 9.59 Å². The molecule has 7 nitrogen and oxygen atoms in total. The van der Waals surface area contributed by atoms with Gasteiger partial charge in [-0.1, -0.05) is 61.4 Å². The Morgan fingerprint density at radius 2 is 1.58 bits per heavy atom. The molecule has 3 aliphatic rings. The topological polar surface area (TPSA) is 95.9 Å². The molecule has 3 atom stereocenters. The van der Waals surface area contributed by atoms with Crippen molar-refractivity contribution < 1.29 is 24.2 Å². The third-order valence-corrected chi connectivity index (χ3v) is 7.32. The van der Waals surface area contributed by atoms with Crippen molar-refractivity contribution in [2.45, 2.75) is 50.1 Å². The minimum Gasteiger partial charge on any atom is -0.480 e. The SMILES string of the molecule is O=C(N[C@@H]1CCCC[C@@H]1C(=O)N1CCC1C(=O)O)OCC1c2ccccc2-c2ccccc21. The van der Waals surface area contributed by atoms with E-state index >= 15 is 0 Å². The molecule has 2 fully saturated rings. The van der Waals surface area contributed by atoms with Gasteiger partial charge >= 0.3 is 12.1 Å². The highest BCUT2D eigenvalue weighted by Crippen LogP contribution is 2.44. The Kier molecular flexibility index (Phi) is 5.79. The van der Waals surface area contributed by atoms with Crippen molar-refractivity contribution in [2.24, 2.45) is 5.92 Å². The second kappa shape index (κ2) is 8.89. The summed E-state index contributed by atoms with van der Waals surface area (Å²) in [7, 11) is 0. The second-order valence-corrected chi connectivity index (χ2v) is 9.14. The van der Waals surface area contributed by atoms with E-state index in [4.69, 9.17) is 4.74 Å². The van der Waals surface area contributed by atoms with Crippen molar-refractivity contribution in [1.29, 1.82) is 0 Å². The molecule has 1 unspecified atom stereocenters. The van der Waals surface area contributed by atoms with Crippen LogP contribution in [0.2, 0.25) is 0 Å². The quantitative estimate of drug-likeness (QED) is 0.726. The monoisotopic (exact) mass is 448 g/mol. The lowest BCUT2D eigenvalue weighted by Crippen LogP contribution is -2.59. The fourth-order valence-electron chi connectivity index (χ4n) is 5.51. The smallest absolute Gasteiger partial charge is 0.407 e. The number of carbonyl (C=O) groups is 3. The molecular weight excluding hydrogens is 420 g/mol. The summed E-state index contributed by atoms with van der Waals surface area (Å²) in [5.41, 5.74) is 4.63. The predicted molar refractivity (Wildman–Crippen MR) is 122 cm³/mol. The highest BCUT2D eigenvalue weighted by Gasteiger charge is 2.43. The Balaban J connectivity index is 1.23. The van der Waals surface area contributed by atoms with Gasteiger partial charge in [-0.15, -0.1) is 0 Å². The van der Waals surface area contributed by atoms with Crippen molar-refractivity contribution in [2.75, 3.05) is 13.2 Å². The third kappa shape index (κ3) is 3.96. The molecule has 1 heterocycles. The van der Waals surface area contributed by atoms with E-state index in [9.17, 15) is 19.5 Å². The second-order valence-electron chi connectivity index (χ2n) is 9.14. The van der Waals surface area contributed by atoms with E-state index < -0.39 is 24.0 Å². The van der Waals surface area contributed by atoms with E-state index in [1.807, 2.05) is 24.3 Å². The van der Waals surface area contributed by atoms with Crippen molar-refractivity contribution >= 4 is 18.0 Å². The molecule has 1 aliphatic heterocycles. The molecule has 2 amide bonds. The molecule has 7 heteroatoms. The first-order chi connectivity index (χ1) is 16.0. The van der Waals surface area contributed by atoms with Crippen LogP contribution in [-0.2, 0) is 14.3 Å². The number of rotatable bonds is 5. The molecule has 1 saturated carbocycles. The molecule has 2 N–H and O–H groups in total. The normalized spacial score (nSPS) is 23.8. The lowest BCUT2D eigenvalue weighted by Gasteiger charge is -2.42. The average Bonchev–Trinajstić information content (AvgIpc) is 3.11. The molecule has 2 aromatic carbocycles. The summed E-state index contributed by atoms with van der Waals surface area (Å²) in [5.74, 6) is -1.56. The number of carbonyl (C=O) groups excluding carboxylic acids is 2. The van der Waals surface area contributed by atoms with Crippen LogP contribution in [0.5, 0.6) is 0 Å². The molecule has 2 aliphatic carbocycles. The summed E-state index contributed by atoms with van der Waals surface area (Å²) in [5, 5.41) is 12.2. The van der Waals surface area contributed by atoms with Crippen LogP contribution in [0, 0.1) is 5.92 Å². The zero-order valence-electron chi connectivity index (χ0n) is 18.4. The van der Waals surface area contributed by atoms with Gasteiger partial charge in [-0.05, 0) is 41.5 Å². The summed E-state index contributed by atoms with van der Waals surface area (Å²) in [6.07, 6.45) is 3.10. The van der Waals surface area contributed by atoms with Gasteiger partial charge in [0.1, 0.15) is 12.6 Å². The zero-order chi connectivity index (χ0) is 22.9. The number of likely N-dealkylation sites (tertiary alicyclic amines) is 1. The number of fused-ring (bicyclic) bond motifs is 3. The molecular formula is C26H28N2O5. The number of nitrogens with zero attached hydrogens (tertiary/aromatic N) is 1. The molecule has 2 aromatic rings. The van der Waals surface area contributed by atoms with Crippen LogP contribution in [0.15, 0.2) is 48.5 Å². The van der Waals surface area contributed by atoms with Crippen LogP contribution < -0.4 is 5.32 Å². The number of benzene rings is 2. The Bertz CT molecular complexity index is 1040. The van der Waals surface area contributed by atoms with Crippen LogP contribution in [0.4, 0.5) is 4.79 Å². The zero-order valence-corrected chi connectivity index (χ0v) is 18.4. The van der Waals surface area contributed by atoms with Crippen molar-refractivity contribution in [1.82, 2.24) is 10.2 Å². The van der Waals surface area contributed by atoms with Crippen LogP contribution in [0.1, 0.15) is 49.1 Å². The third-order valence-electron chi connectivity index (χ3n) is 7.32. The number of nitrogens with one attached hydrogen (secondary N) is 1. The van der Waals surface area contributed by atoms with Gasteiger partial charge in [0.05, 0.1) is 5.92 Å². The number of alkyl carbamates (subject to hydrolysis) is 1.